The van der Waals surface area contributed by atoms with Crippen LogP contribution in [0.4, 0.5) is 4.39 Å². The van der Waals surface area contributed by atoms with Crippen LogP contribution in [0.25, 0.3) is 0 Å². The molecule has 1 aromatic heterocycles. The van der Waals surface area contributed by atoms with E-state index in [9.17, 15) is 4.39 Å². The number of halogens is 2. The van der Waals surface area contributed by atoms with E-state index >= 15 is 0 Å². The van der Waals surface area contributed by atoms with Gasteiger partial charge in [-0.3, -0.25) is 5.41 Å². The first kappa shape index (κ1) is 12.3. The summed E-state index contributed by atoms with van der Waals surface area (Å²) in [5, 5.41) is 7.42. The number of amidine groups is 1. The Labute approximate surface area is 107 Å². The van der Waals surface area contributed by atoms with Gasteiger partial charge in [-0.1, -0.05) is 11.6 Å². The van der Waals surface area contributed by atoms with Gasteiger partial charge in [0.05, 0.1) is 5.02 Å². The van der Waals surface area contributed by atoms with Gasteiger partial charge in [-0.15, -0.1) is 0 Å². The quantitative estimate of drug-likeness (QED) is 0.660. The molecule has 18 heavy (non-hydrogen) atoms. The number of benzene rings is 1. The molecule has 1 aromatic carbocycles. The van der Waals surface area contributed by atoms with Crippen molar-refractivity contribution >= 4 is 17.4 Å². The number of rotatable bonds is 3. The molecule has 0 saturated heterocycles. The molecule has 0 saturated carbocycles. The minimum Gasteiger partial charge on any atom is -0.435 e. The summed E-state index contributed by atoms with van der Waals surface area (Å²) in [7, 11) is 0. The third-order valence-corrected chi connectivity index (χ3v) is 2.32. The number of nitrogens with two attached hydrogens (primary N) is 1. The molecule has 2 aromatic rings. The van der Waals surface area contributed by atoms with Crippen molar-refractivity contribution in [1.29, 1.82) is 5.41 Å². The molecule has 0 unspecified atom stereocenters. The number of ether oxygens (including phenoxy) is 1. The fourth-order valence-electron chi connectivity index (χ4n) is 1.25. The minimum atomic E-state index is -0.474. The monoisotopic (exact) mass is 266 g/mol. The molecule has 2 rings (SSSR count). The number of hydrogen-bond acceptors (Lipinski definition) is 4. The van der Waals surface area contributed by atoms with Gasteiger partial charge in [-0.25, -0.2) is 14.4 Å². The normalized spacial score (nSPS) is 10.1. The number of aromatic nitrogens is 2. The van der Waals surface area contributed by atoms with Gasteiger partial charge in [0.1, 0.15) is 17.4 Å². The Hall–Kier alpha value is -2.21. The molecule has 0 spiro atoms. The fraction of sp³-hybridized carbons (Fsp3) is 0. The maximum Gasteiger partial charge on any atom is 0.249 e. The van der Waals surface area contributed by atoms with Gasteiger partial charge in [0.25, 0.3) is 0 Å². The SMILES string of the molecule is N=C(N)c1nccnc1Oc1ccc(F)cc1Cl. The maximum absolute atomic E-state index is 12.9. The largest absolute Gasteiger partial charge is 0.435 e. The van der Waals surface area contributed by atoms with Crippen molar-refractivity contribution < 1.29 is 9.13 Å². The Kier molecular flexibility index (Phi) is 3.38. The molecule has 0 aliphatic heterocycles. The lowest BCUT2D eigenvalue weighted by atomic mass is 10.3. The number of nitrogens with one attached hydrogen (secondary N) is 1. The first-order valence-electron chi connectivity index (χ1n) is 4.86. The van der Waals surface area contributed by atoms with E-state index in [0.29, 0.717) is 0 Å². The second kappa shape index (κ2) is 4.97. The zero-order valence-electron chi connectivity index (χ0n) is 9.02. The summed E-state index contributed by atoms with van der Waals surface area (Å²) < 4.78 is 18.2. The number of nitrogens with zero attached hydrogens (tertiary/aromatic N) is 2. The van der Waals surface area contributed by atoms with Gasteiger partial charge in [0.2, 0.25) is 5.88 Å². The molecule has 0 fully saturated rings. The molecule has 5 nitrogen and oxygen atoms in total. The first-order chi connectivity index (χ1) is 8.58. The van der Waals surface area contributed by atoms with Crippen LogP contribution in [0.2, 0.25) is 5.02 Å². The molecular formula is C11H8ClFN4O. The van der Waals surface area contributed by atoms with Crippen LogP contribution in [0.5, 0.6) is 11.6 Å². The van der Waals surface area contributed by atoms with E-state index < -0.39 is 5.82 Å². The lowest BCUT2D eigenvalue weighted by Gasteiger charge is -2.08. The predicted octanol–water partition coefficient (Wildman–Crippen LogP) is 2.35. The molecular weight excluding hydrogens is 259 g/mol. The minimum absolute atomic E-state index is 0.0403. The van der Waals surface area contributed by atoms with Gasteiger partial charge >= 0.3 is 0 Å². The van der Waals surface area contributed by atoms with E-state index in [2.05, 4.69) is 9.97 Å². The molecule has 0 atom stereocenters. The van der Waals surface area contributed by atoms with Crippen LogP contribution in [0.1, 0.15) is 5.69 Å². The Bertz CT molecular complexity index is 605. The molecule has 1 heterocycles. The lowest BCUT2D eigenvalue weighted by molar-refractivity contribution is 0.457. The predicted molar refractivity (Wildman–Crippen MR) is 64.5 cm³/mol. The summed E-state index contributed by atoms with van der Waals surface area (Å²) in [6, 6.07) is 3.67. The highest BCUT2D eigenvalue weighted by Gasteiger charge is 2.12. The van der Waals surface area contributed by atoms with Crippen LogP contribution in [0.15, 0.2) is 30.6 Å². The smallest absolute Gasteiger partial charge is 0.249 e. The summed E-state index contributed by atoms with van der Waals surface area (Å²) >= 11 is 5.81. The van der Waals surface area contributed by atoms with Crippen LogP contribution >= 0.6 is 11.6 Å². The van der Waals surface area contributed by atoms with Crippen molar-refractivity contribution in [2.75, 3.05) is 0 Å². The number of nitrogen functional groups attached to an aromatic ring is 1. The summed E-state index contributed by atoms with van der Waals surface area (Å²) in [6.07, 6.45) is 2.77. The summed E-state index contributed by atoms with van der Waals surface area (Å²) in [6.45, 7) is 0. The Morgan fingerprint density at radius 1 is 1.33 bits per heavy atom. The molecule has 3 N–H and O–H groups in total. The lowest BCUT2D eigenvalue weighted by Crippen LogP contribution is -2.15. The van der Waals surface area contributed by atoms with Crippen LogP contribution < -0.4 is 10.5 Å². The van der Waals surface area contributed by atoms with Gasteiger partial charge < -0.3 is 10.5 Å². The third kappa shape index (κ3) is 2.54. The summed E-state index contributed by atoms with van der Waals surface area (Å²) in [5.74, 6) is -0.505. The molecule has 7 heteroatoms. The van der Waals surface area contributed by atoms with Crippen molar-refractivity contribution in [2.45, 2.75) is 0 Å². The molecule has 0 amide bonds. The number of hydrogen-bond donors (Lipinski definition) is 2. The van der Waals surface area contributed by atoms with Crippen molar-refractivity contribution in [3.63, 3.8) is 0 Å². The van der Waals surface area contributed by atoms with E-state index in [1.165, 1.54) is 24.5 Å². The second-order valence-corrected chi connectivity index (χ2v) is 3.71. The first-order valence-corrected chi connectivity index (χ1v) is 5.24. The zero-order valence-corrected chi connectivity index (χ0v) is 9.78. The van der Waals surface area contributed by atoms with E-state index in [0.717, 1.165) is 6.07 Å². The average molecular weight is 267 g/mol. The van der Waals surface area contributed by atoms with Gasteiger partial charge in [-0.05, 0) is 18.2 Å². The van der Waals surface area contributed by atoms with Crippen molar-refractivity contribution in [1.82, 2.24) is 9.97 Å². The van der Waals surface area contributed by atoms with Crippen molar-refractivity contribution in [3.05, 3.63) is 47.1 Å². The Balaban J connectivity index is 2.37. The maximum atomic E-state index is 12.9. The van der Waals surface area contributed by atoms with Crippen LogP contribution in [-0.2, 0) is 0 Å². The standard InChI is InChI=1S/C11H8ClFN4O/c12-7-5-6(13)1-2-8(7)18-11-9(10(14)15)16-3-4-17-11/h1-5H,(H3,14,15). The molecule has 0 aliphatic carbocycles. The summed E-state index contributed by atoms with van der Waals surface area (Å²) in [5.41, 5.74) is 5.43. The van der Waals surface area contributed by atoms with E-state index in [1.54, 1.807) is 0 Å². The topological polar surface area (TPSA) is 84.9 Å². The van der Waals surface area contributed by atoms with Gasteiger partial charge in [0, 0.05) is 12.4 Å². The fourth-order valence-corrected chi connectivity index (χ4v) is 1.45. The highest BCUT2D eigenvalue weighted by Crippen LogP contribution is 2.29. The van der Waals surface area contributed by atoms with E-state index in [4.69, 9.17) is 27.5 Å². The third-order valence-electron chi connectivity index (χ3n) is 2.02. The average Bonchev–Trinajstić information content (AvgIpc) is 2.33. The Morgan fingerprint density at radius 2 is 2.06 bits per heavy atom. The molecule has 0 radical (unpaired) electrons. The van der Waals surface area contributed by atoms with Crippen LogP contribution in [-0.4, -0.2) is 15.8 Å². The highest BCUT2D eigenvalue weighted by molar-refractivity contribution is 6.32. The molecule has 0 aliphatic rings. The van der Waals surface area contributed by atoms with E-state index in [1.807, 2.05) is 0 Å². The Morgan fingerprint density at radius 3 is 2.72 bits per heavy atom. The second-order valence-electron chi connectivity index (χ2n) is 3.30. The van der Waals surface area contributed by atoms with E-state index in [-0.39, 0.29) is 28.2 Å². The molecule has 92 valence electrons. The van der Waals surface area contributed by atoms with Crippen LogP contribution in [0.3, 0.4) is 0 Å². The van der Waals surface area contributed by atoms with Gasteiger partial charge in [-0.2, -0.15) is 0 Å². The highest BCUT2D eigenvalue weighted by atomic mass is 35.5. The van der Waals surface area contributed by atoms with Crippen molar-refractivity contribution in [3.8, 4) is 11.6 Å². The van der Waals surface area contributed by atoms with Crippen molar-refractivity contribution in [2.24, 2.45) is 5.73 Å². The molecule has 0 bridgehead atoms. The van der Waals surface area contributed by atoms with Crippen LogP contribution in [0, 0.1) is 11.2 Å². The summed E-state index contributed by atoms with van der Waals surface area (Å²) in [4.78, 5) is 7.77. The van der Waals surface area contributed by atoms with Gasteiger partial charge in [0.15, 0.2) is 5.69 Å². The zero-order chi connectivity index (χ0) is 13.1.